The van der Waals surface area contributed by atoms with Crippen LogP contribution in [0.5, 0.6) is 0 Å². The molecule has 3 heteroatoms. The van der Waals surface area contributed by atoms with Crippen LogP contribution in [0.25, 0.3) is 0 Å². The quantitative estimate of drug-likeness (QED) is 0.835. The third-order valence-electron chi connectivity index (χ3n) is 3.49. The molecule has 1 nitrogen and oxygen atoms in total. The van der Waals surface area contributed by atoms with Crippen LogP contribution in [-0.4, -0.2) is 13.1 Å². The van der Waals surface area contributed by atoms with Gasteiger partial charge in [0.2, 0.25) is 0 Å². The first-order chi connectivity index (χ1) is 7.68. The van der Waals surface area contributed by atoms with Crippen molar-refractivity contribution in [2.24, 2.45) is 5.92 Å². The average Bonchev–Trinajstić information content (AvgIpc) is 2.32. The van der Waals surface area contributed by atoms with Crippen LogP contribution >= 0.6 is 11.6 Å². The fraction of sp³-hybridized carbons (Fsp3) is 0.538. The van der Waals surface area contributed by atoms with Crippen LogP contribution in [0.15, 0.2) is 18.2 Å². The van der Waals surface area contributed by atoms with Gasteiger partial charge in [-0.2, -0.15) is 0 Å². The molecule has 0 aromatic heterocycles. The van der Waals surface area contributed by atoms with Crippen LogP contribution in [0.1, 0.15) is 31.2 Å². The van der Waals surface area contributed by atoms with Gasteiger partial charge in [0.15, 0.2) is 0 Å². The highest BCUT2D eigenvalue weighted by Gasteiger charge is 2.23. The van der Waals surface area contributed by atoms with Crippen LogP contribution < -0.4 is 5.32 Å². The van der Waals surface area contributed by atoms with Gasteiger partial charge in [0.05, 0.1) is 0 Å². The molecule has 0 aliphatic carbocycles. The van der Waals surface area contributed by atoms with E-state index in [1.807, 2.05) is 0 Å². The molecule has 1 aliphatic rings. The normalized spacial score (nSPS) is 23.1. The van der Waals surface area contributed by atoms with Crippen molar-refractivity contribution in [3.8, 4) is 0 Å². The average molecular weight is 242 g/mol. The maximum Gasteiger partial charge on any atom is 0.123 e. The van der Waals surface area contributed by atoms with Crippen molar-refractivity contribution in [1.29, 1.82) is 0 Å². The van der Waals surface area contributed by atoms with Gasteiger partial charge in [0.25, 0.3) is 0 Å². The summed E-state index contributed by atoms with van der Waals surface area (Å²) in [5.74, 6) is 0.680. The smallest absolute Gasteiger partial charge is 0.123 e. The Bertz CT molecular complexity index is 361. The van der Waals surface area contributed by atoms with E-state index in [-0.39, 0.29) is 5.82 Å². The van der Waals surface area contributed by atoms with Gasteiger partial charge in [-0.05, 0) is 61.5 Å². The molecule has 0 saturated carbocycles. The fourth-order valence-electron chi connectivity index (χ4n) is 2.42. The van der Waals surface area contributed by atoms with Crippen molar-refractivity contribution in [3.63, 3.8) is 0 Å². The van der Waals surface area contributed by atoms with E-state index in [1.54, 1.807) is 12.1 Å². The Kier molecular flexibility index (Phi) is 3.82. The first kappa shape index (κ1) is 11.9. The molecule has 1 fully saturated rings. The zero-order valence-electron chi connectivity index (χ0n) is 9.47. The predicted octanol–water partition coefficient (Wildman–Crippen LogP) is 3.58. The van der Waals surface area contributed by atoms with Crippen LogP contribution in [0.4, 0.5) is 4.39 Å². The lowest BCUT2D eigenvalue weighted by atomic mass is 9.83. The molecule has 1 aliphatic heterocycles. The van der Waals surface area contributed by atoms with E-state index in [9.17, 15) is 4.39 Å². The largest absolute Gasteiger partial charge is 0.316 e. The summed E-state index contributed by atoms with van der Waals surface area (Å²) < 4.78 is 13.2. The van der Waals surface area contributed by atoms with Gasteiger partial charge in [-0.25, -0.2) is 4.39 Å². The van der Waals surface area contributed by atoms with E-state index >= 15 is 0 Å². The molecule has 16 heavy (non-hydrogen) atoms. The highest BCUT2D eigenvalue weighted by molar-refractivity contribution is 6.31. The van der Waals surface area contributed by atoms with Gasteiger partial charge in [0.1, 0.15) is 5.82 Å². The van der Waals surface area contributed by atoms with Crippen molar-refractivity contribution in [1.82, 2.24) is 5.32 Å². The molecule has 88 valence electrons. The standard InChI is InChI=1S/C13H17ClFN/c1-9(10-3-2-6-16-8-10)12-7-11(15)4-5-13(12)14/h4-5,7,9-10,16H,2-3,6,8H2,1H3. The van der Waals surface area contributed by atoms with E-state index in [0.29, 0.717) is 16.9 Å². The number of rotatable bonds is 2. The minimum Gasteiger partial charge on any atom is -0.316 e. The van der Waals surface area contributed by atoms with Gasteiger partial charge in [0, 0.05) is 5.02 Å². The van der Waals surface area contributed by atoms with Crippen LogP contribution in [0.3, 0.4) is 0 Å². The summed E-state index contributed by atoms with van der Waals surface area (Å²) in [5.41, 5.74) is 0.940. The molecule has 1 N–H and O–H groups in total. The van der Waals surface area contributed by atoms with Gasteiger partial charge < -0.3 is 5.32 Å². The van der Waals surface area contributed by atoms with E-state index in [1.165, 1.54) is 18.9 Å². The fourth-order valence-corrected chi connectivity index (χ4v) is 2.71. The molecule has 1 saturated heterocycles. The molecule has 1 aromatic carbocycles. The Balaban J connectivity index is 2.18. The Labute approximate surface area is 101 Å². The van der Waals surface area contributed by atoms with E-state index in [4.69, 9.17) is 11.6 Å². The summed E-state index contributed by atoms with van der Waals surface area (Å²) >= 11 is 6.12. The second-order valence-electron chi connectivity index (χ2n) is 4.56. The second-order valence-corrected chi connectivity index (χ2v) is 4.97. The maximum atomic E-state index is 13.2. The number of hydrogen-bond donors (Lipinski definition) is 1. The minimum absolute atomic E-state index is 0.199. The molecule has 0 spiro atoms. The summed E-state index contributed by atoms with van der Waals surface area (Å²) in [6, 6.07) is 4.64. The van der Waals surface area contributed by atoms with Gasteiger partial charge in [-0.3, -0.25) is 0 Å². The minimum atomic E-state index is -0.199. The number of benzene rings is 1. The monoisotopic (exact) mass is 241 g/mol. The summed E-state index contributed by atoms with van der Waals surface area (Å²) in [7, 11) is 0. The number of hydrogen-bond acceptors (Lipinski definition) is 1. The molecular formula is C13H17ClFN. The number of halogens is 2. The molecule has 2 unspecified atom stereocenters. The Morgan fingerprint density at radius 1 is 1.50 bits per heavy atom. The van der Waals surface area contributed by atoms with Crippen molar-refractivity contribution in [3.05, 3.63) is 34.6 Å². The third-order valence-corrected chi connectivity index (χ3v) is 3.83. The molecular weight excluding hydrogens is 225 g/mol. The molecule has 1 heterocycles. The highest BCUT2D eigenvalue weighted by atomic mass is 35.5. The lowest BCUT2D eigenvalue weighted by Crippen LogP contribution is -2.32. The molecule has 0 amide bonds. The topological polar surface area (TPSA) is 12.0 Å². The van der Waals surface area contributed by atoms with Gasteiger partial charge in [-0.1, -0.05) is 18.5 Å². The van der Waals surface area contributed by atoms with Crippen molar-refractivity contribution < 1.29 is 4.39 Å². The van der Waals surface area contributed by atoms with Gasteiger partial charge in [-0.15, -0.1) is 0 Å². The van der Waals surface area contributed by atoms with E-state index < -0.39 is 0 Å². The third kappa shape index (κ3) is 2.55. The summed E-state index contributed by atoms with van der Waals surface area (Å²) in [4.78, 5) is 0. The summed E-state index contributed by atoms with van der Waals surface area (Å²) in [6.45, 7) is 4.24. The molecule has 2 rings (SSSR count). The molecule has 2 atom stereocenters. The van der Waals surface area contributed by atoms with E-state index in [0.717, 1.165) is 18.7 Å². The lowest BCUT2D eigenvalue weighted by molar-refractivity contribution is 0.334. The van der Waals surface area contributed by atoms with Crippen LogP contribution in [-0.2, 0) is 0 Å². The Morgan fingerprint density at radius 3 is 3.00 bits per heavy atom. The van der Waals surface area contributed by atoms with E-state index in [2.05, 4.69) is 12.2 Å². The summed E-state index contributed by atoms with van der Waals surface area (Å²) in [6.07, 6.45) is 2.39. The van der Waals surface area contributed by atoms with Crippen molar-refractivity contribution in [2.45, 2.75) is 25.7 Å². The Morgan fingerprint density at radius 2 is 2.31 bits per heavy atom. The maximum absolute atomic E-state index is 13.2. The van der Waals surface area contributed by atoms with Gasteiger partial charge >= 0.3 is 0 Å². The molecule has 0 bridgehead atoms. The van der Waals surface area contributed by atoms with Crippen LogP contribution in [0.2, 0.25) is 5.02 Å². The van der Waals surface area contributed by atoms with Crippen LogP contribution in [0, 0.1) is 11.7 Å². The lowest BCUT2D eigenvalue weighted by Gasteiger charge is -2.29. The molecule has 0 radical (unpaired) electrons. The molecule has 1 aromatic rings. The highest BCUT2D eigenvalue weighted by Crippen LogP contribution is 2.33. The SMILES string of the molecule is CC(c1cc(F)ccc1Cl)C1CCCNC1. The zero-order chi connectivity index (χ0) is 11.5. The summed E-state index contributed by atoms with van der Waals surface area (Å²) in [5, 5.41) is 4.06. The second kappa shape index (κ2) is 5.15. The zero-order valence-corrected chi connectivity index (χ0v) is 10.2. The van der Waals surface area contributed by atoms with Crippen molar-refractivity contribution in [2.75, 3.05) is 13.1 Å². The van der Waals surface area contributed by atoms with Crippen molar-refractivity contribution >= 4 is 11.6 Å². The first-order valence-corrected chi connectivity index (χ1v) is 6.22. The Hall–Kier alpha value is -0.600. The number of piperidine rings is 1. The predicted molar refractivity (Wildman–Crippen MR) is 65.4 cm³/mol. The number of nitrogens with one attached hydrogen (secondary N) is 1. The first-order valence-electron chi connectivity index (χ1n) is 5.84.